The van der Waals surface area contributed by atoms with Crippen molar-refractivity contribution in [2.75, 3.05) is 5.32 Å². The number of H-pyrrole nitrogens is 1. The van der Waals surface area contributed by atoms with E-state index in [-0.39, 0.29) is 35.3 Å². The first-order chi connectivity index (χ1) is 19.3. The fraction of sp³-hybridized carbons (Fsp3) is 0.346. The highest BCUT2D eigenvalue weighted by atomic mass is 19.4. The molecule has 0 amide bonds. The summed E-state index contributed by atoms with van der Waals surface area (Å²) in [6.07, 6.45) is -3.66. The monoisotopic (exact) mass is 582 g/mol. The molecule has 0 bridgehead atoms. The second-order valence-electron chi connectivity index (χ2n) is 9.74. The van der Waals surface area contributed by atoms with Gasteiger partial charge < -0.3 is 9.88 Å². The van der Waals surface area contributed by atoms with Crippen molar-refractivity contribution in [1.82, 2.24) is 24.7 Å². The van der Waals surface area contributed by atoms with Gasteiger partial charge in [-0.15, -0.1) is 0 Å². The highest BCUT2D eigenvalue weighted by molar-refractivity contribution is 5.86. The van der Waals surface area contributed by atoms with Gasteiger partial charge in [-0.05, 0) is 55.2 Å². The molecule has 216 valence electrons. The Kier molecular flexibility index (Phi) is 7.30. The smallest absolute Gasteiger partial charge is 0.380 e. The maximum absolute atomic E-state index is 14.9. The van der Waals surface area contributed by atoms with E-state index in [1.165, 1.54) is 22.9 Å². The van der Waals surface area contributed by atoms with E-state index in [1.54, 1.807) is 5.10 Å². The maximum Gasteiger partial charge on any atom is 0.423 e. The normalized spacial score (nSPS) is 14.8. The molecule has 1 saturated carbocycles. The van der Waals surface area contributed by atoms with Crippen LogP contribution in [0.1, 0.15) is 36.8 Å². The summed E-state index contributed by atoms with van der Waals surface area (Å²) in [7, 11) is 0. The van der Waals surface area contributed by atoms with E-state index in [2.05, 4.69) is 20.4 Å². The average Bonchev–Trinajstić information content (AvgIpc) is 3.74. The van der Waals surface area contributed by atoms with Gasteiger partial charge in [0.1, 0.15) is 11.4 Å². The second-order valence-corrected chi connectivity index (χ2v) is 9.74. The van der Waals surface area contributed by atoms with E-state index >= 15 is 0 Å². The van der Waals surface area contributed by atoms with E-state index < -0.39 is 46.1 Å². The summed E-state index contributed by atoms with van der Waals surface area (Å²) in [5, 5.41) is 8.44. The summed E-state index contributed by atoms with van der Waals surface area (Å²) in [4.78, 5) is 32.0. The number of nitrogens with zero attached hydrogens (tertiary/aromatic N) is 4. The van der Waals surface area contributed by atoms with Gasteiger partial charge in [-0.2, -0.15) is 31.4 Å². The quantitative estimate of drug-likeness (QED) is 0.270. The Balaban J connectivity index is 1.32. The van der Waals surface area contributed by atoms with Crippen LogP contribution in [-0.4, -0.2) is 30.8 Å². The van der Waals surface area contributed by atoms with E-state index in [4.69, 9.17) is 0 Å². The minimum Gasteiger partial charge on any atom is -0.380 e. The van der Waals surface area contributed by atoms with Gasteiger partial charge in [0.2, 0.25) is 0 Å². The van der Waals surface area contributed by atoms with Gasteiger partial charge in [0.15, 0.2) is 5.82 Å². The SMILES string of the molecule is O=c1[nH]ncc(NC(CCCn2ccc3cc(-c4ncc(C(F)(F)F)cn4)c(F)cc3c2=O)C2CC2)c1C(F)(F)F. The number of aromatic nitrogens is 5. The fourth-order valence-electron chi connectivity index (χ4n) is 4.66. The highest BCUT2D eigenvalue weighted by Crippen LogP contribution is 2.38. The number of alkyl halides is 6. The van der Waals surface area contributed by atoms with Crippen LogP contribution in [-0.2, 0) is 18.9 Å². The number of rotatable bonds is 8. The van der Waals surface area contributed by atoms with Crippen LogP contribution in [0.3, 0.4) is 0 Å². The summed E-state index contributed by atoms with van der Waals surface area (Å²) in [6, 6.07) is 3.40. The summed E-state index contributed by atoms with van der Waals surface area (Å²) in [6.45, 7) is 0.185. The standard InChI is InChI=1S/C26H21F7N6O2/c27-18-9-16-14(8-17(18)22-34-10-15(11-35-22)25(28,29)30)5-7-39(24(16)41)6-1-2-19(13-3-4-13)37-20-12-36-38-23(40)21(20)26(31,32)33/h5,7-13,19H,1-4,6H2,(H2,37,38,40). The lowest BCUT2D eigenvalue weighted by Gasteiger charge is -2.21. The lowest BCUT2D eigenvalue weighted by atomic mass is 10.0. The van der Waals surface area contributed by atoms with E-state index in [0.717, 1.165) is 25.1 Å². The molecular formula is C26H21F7N6O2. The number of hydrogen-bond acceptors (Lipinski definition) is 6. The first kappa shape index (κ1) is 28.2. The molecule has 3 aromatic heterocycles. The van der Waals surface area contributed by atoms with Crippen molar-refractivity contribution in [3.05, 3.63) is 80.6 Å². The lowest BCUT2D eigenvalue weighted by Crippen LogP contribution is -2.29. The first-order valence-corrected chi connectivity index (χ1v) is 12.5. The van der Waals surface area contributed by atoms with Crippen molar-refractivity contribution < 1.29 is 30.7 Å². The molecule has 0 aliphatic heterocycles. The highest BCUT2D eigenvalue weighted by Gasteiger charge is 2.39. The van der Waals surface area contributed by atoms with Crippen LogP contribution in [0.4, 0.5) is 36.4 Å². The maximum atomic E-state index is 14.9. The van der Waals surface area contributed by atoms with E-state index in [1.807, 2.05) is 0 Å². The molecule has 0 saturated heterocycles. The molecule has 3 heterocycles. The fourth-order valence-corrected chi connectivity index (χ4v) is 4.66. The second kappa shape index (κ2) is 10.6. The predicted octanol–water partition coefficient (Wildman–Crippen LogP) is 5.39. The van der Waals surface area contributed by atoms with Gasteiger partial charge in [-0.3, -0.25) is 9.59 Å². The Labute approximate surface area is 226 Å². The molecule has 15 heteroatoms. The van der Waals surface area contributed by atoms with Crippen molar-refractivity contribution in [3.63, 3.8) is 0 Å². The van der Waals surface area contributed by atoms with Gasteiger partial charge in [0.25, 0.3) is 11.1 Å². The number of nitrogens with one attached hydrogen (secondary N) is 2. The minimum absolute atomic E-state index is 0.0296. The average molecular weight is 582 g/mol. The van der Waals surface area contributed by atoms with Gasteiger partial charge in [-0.25, -0.2) is 19.5 Å². The summed E-state index contributed by atoms with van der Waals surface area (Å²) >= 11 is 0. The number of halogens is 7. The lowest BCUT2D eigenvalue weighted by molar-refractivity contribution is -0.139. The van der Waals surface area contributed by atoms with Crippen LogP contribution in [0.2, 0.25) is 0 Å². The number of anilines is 1. The number of fused-ring (bicyclic) bond motifs is 1. The van der Waals surface area contributed by atoms with Crippen LogP contribution in [0.25, 0.3) is 22.2 Å². The van der Waals surface area contributed by atoms with Gasteiger partial charge in [0.05, 0.1) is 28.4 Å². The number of aryl methyl sites for hydroxylation is 1. The molecule has 1 aliphatic carbocycles. The summed E-state index contributed by atoms with van der Waals surface area (Å²) in [5.74, 6) is -1.06. The third-order valence-electron chi connectivity index (χ3n) is 6.87. The molecule has 1 atom stereocenters. The van der Waals surface area contributed by atoms with Crippen LogP contribution < -0.4 is 16.4 Å². The Morgan fingerprint density at radius 3 is 2.37 bits per heavy atom. The zero-order valence-electron chi connectivity index (χ0n) is 21.0. The van der Waals surface area contributed by atoms with Crippen LogP contribution in [0.5, 0.6) is 0 Å². The Hall–Kier alpha value is -4.30. The Bertz CT molecular complexity index is 1690. The predicted molar refractivity (Wildman–Crippen MR) is 133 cm³/mol. The third-order valence-corrected chi connectivity index (χ3v) is 6.87. The van der Waals surface area contributed by atoms with Gasteiger partial charge >= 0.3 is 12.4 Å². The van der Waals surface area contributed by atoms with Crippen molar-refractivity contribution in [2.45, 2.75) is 50.6 Å². The van der Waals surface area contributed by atoms with Gasteiger partial charge in [0, 0.05) is 31.2 Å². The van der Waals surface area contributed by atoms with Crippen molar-refractivity contribution >= 4 is 16.5 Å². The topological polar surface area (TPSA) is 106 Å². The summed E-state index contributed by atoms with van der Waals surface area (Å²) in [5.41, 5.74) is -4.89. The van der Waals surface area contributed by atoms with Crippen molar-refractivity contribution in [1.29, 1.82) is 0 Å². The zero-order chi connectivity index (χ0) is 29.5. The van der Waals surface area contributed by atoms with Crippen LogP contribution in [0, 0.1) is 11.7 Å². The van der Waals surface area contributed by atoms with E-state index in [9.17, 15) is 40.3 Å². The largest absolute Gasteiger partial charge is 0.423 e. The number of hydrogen-bond donors (Lipinski definition) is 2. The molecule has 8 nitrogen and oxygen atoms in total. The number of benzene rings is 1. The summed E-state index contributed by atoms with van der Waals surface area (Å²) < 4.78 is 94.9. The number of aromatic amines is 1. The molecule has 1 aliphatic rings. The molecule has 1 aromatic carbocycles. The molecule has 1 fully saturated rings. The molecule has 5 rings (SSSR count). The molecular weight excluding hydrogens is 561 g/mol. The first-order valence-electron chi connectivity index (χ1n) is 12.5. The van der Waals surface area contributed by atoms with Crippen LogP contribution >= 0.6 is 0 Å². The van der Waals surface area contributed by atoms with Crippen molar-refractivity contribution in [2.24, 2.45) is 5.92 Å². The molecule has 0 spiro atoms. The van der Waals surface area contributed by atoms with Crippen LogP contribution in [0.15, 0.2) is 52.6 Å². The molecule has 4 aromatic rings. The molecule has 41 heavy (non-hydrogen) atoms. The van der Waals surface area contributed by atoms with E-state index in [0.29, 0.717) is 30.6 Å². The molecule has 1 unspecified atom stereocenters. The molecule has 2 N–H and O–H groups in total. The van der Waals surface area contributed by atoms with Gasteiger partial charge in [-0.1, -0.05) is 0 Å². The van der Waals surface area contributed by atoms with Crippen molar-refractivity contribution in [3.8, 4) is 11.4 Å². The zero-order valence-corrected chi connectivity index (χ0v) is 21.0. The molecule has 0 radical (unpaired) electrons. The Morgan fingerprint density at radius 1 is 1.02 bits per heavy atom. The minimum atomic E-state index is -4.88. The number of pyridine rings is 1. The Morgan fingerprint density at radius 2 is 1.73 bits per heavy atom. The third kappa shape index (κ3) is 6.07.